The van der Waals surface area contributed by atoms with Crippen molar-refractivity contribution in [3.8, 4) is 0 Å². The number of hydrogen-bond donors (Lipinski definition) is 0. The Balaban J connectivity index is 3.09. The third-order valence-corrected chi connectivity index (χ3v) is 3.96. The van der Waals surface area contributed by atoms with Gasteiger partial charge in [0.05, 0.1) is 6.10 Å². The molecular formula is C16H23BrO9. The second-order valence-electron chi connectivity index (χ2n) is 5.71. The van der Waals surface area contributed by atoms with Crippen molar-refractivity contribution in [2.45, 2.75) is 71.2 Å². The fraction of sp³-hybridized carbons (Fsp3) is 0.750. The maximum Gasteiger partial charge on any atom is 0.308 e. The van der Waals surface area contributed by atoms with Crippen molar-refractivity contribution in [2.75, 3.05) is 5.33 Å². The maximum absolute atomic E-state index is 11.9. The molecule has 0 aliphatic carbocycles. The van der Waals surface area contributed by atoms with Crippen molar-refractivity contribution >= 4 is 39.8 Å². The quantitative estimate of drug-likeness (QED) is 0.328. The number of carbonyl (C=O) groups is 4. The van der Waals surface area contributed by atoms with Gasteiger partial charge in [0.15, 0.2) is 12.2 Å². The van der Waals surface area contributed by atoms with Crippen molar-refractivity contribution in [3.05, 3.63) is 0 Å². The average molecular weight is 439 g/mol. The Morgan fingerprint density at radius 1 is 0.846 bits per heavy atom. The highest BCUT2D eigenvalue weighted by atomic mass is 79.9. The zero-order valence-electron chi connectivity index (χ0n) is 15.1. The third kappa shape index (κ3) is 6.91. The van der Waals surface area contributed by atoms with E-state index in [1.54, 1.807) is 6.92 Å². The van der Waals surface area contributed by atoms with Gasteiger partial charge in [-0.1, -0.05) is 15.9 Å². The summed E-state index contributed by atoms with van der Waals surface area (Å²) in [5.41, 5.74) is 0. The van der Waals surface area contributed by atoms with Gasteiger partial charge in [0, 0.05) is 32.5 Å². The van der Waals surface area contributed by atoms with Gasteiger partial charge in [-0.05, 0) is 13.3 Å². The van der Waals surface area contributed by atoms with E-state index in [1.165, 1.54) is 6.92 Å². The predicted octanol–water partition coefficient (Wildman–Crippen LogP) is 1.24. The van der Waals surface area contributed by atoms with Gasteiger partial charge in [0.2, 0.25) is 12.4 Å². The van der Waals surface area contributed by atoms with Crippen LogP contribution in [-0.2, 0) is 42.9 Å². The minimum absolute atomic E-state index is 0.123. The fourth-order valence-corrected chi connectivity index (χ4v) is 2.74. The summed E-state index contributed by atoms with van der Waals surface area (Å²) in [6.07, 6.45) is -4.89. The van der Waals surface area contributed by atoms with Gasteiger partial charge in [-0.3, -0.25) is 19.2 Å². The van der Waals surface area contributed by atoms with Gasteiger partial charge in [0.1, 0.15) is 0 Å². The number of alkyl halides is 1. The van der Waals surface area contributed by atoms with Gasteiger partial charge >= 0.3 is 23.9 Å². The van der Waals surface area contributed by atoms with E-state index in [9.17, 15) is 19.2 Å². The summed E-state index contributed by atoms with van der Waals surface area (Å²) in [5, 5.41) is 0.613. The first-order chi connectivity index (χ1) is 12.1. The molecule has 0 spiro atoms. The monoisotopic (exact) mass is 438 g/mol. The minimum Gasteiger partial charge on any atom is -0.456 e. The smallest absolute Gasteiger partial charge is 0.308 e. The Kier molecular flexibility index (Phi) is 9.00. The molecule has 1 aliphatic rings. The molecule has 10 heteroatoms. The van der Waals surface area contributed by atoms with E-state index in [0.29, 0.717) is 11.8 Å². The van der Waals surface area contributed by atoms with Gasteiger partial charge in [-0.25, -0.2) is 0 Å². The first-order valence-corrected chi connectivity index (χ1v) is 9.20. The molecule has 0 radical (unpaired) electrons. The van der Waals surface area contributed by atoms with Crippen LogP contribution in [0.5, 0.6) is 0 Å². The summed E-state index contributed by atoms with van der Waals surface area (Å²) in [5.74, 6) is -2.57. The van der Waals surface area contributed by atoms with Gasteiger partial charge in [0.25, 0.3) is 0 Å². The highest BCUT2D eigenvalue weighted by molar-refractivity contribution is 9.09. The lowest BCUT2D eigenvalue weighted by Crippen LogP contribution is -2.61. The van der Waals surface area contributed by atoms with Crippen LogP contribution in [0.2, 0.25) is 0 Å². The Morgan fingerprint density at radius 2 is 1.35 bits per heavy atom. The SMILES string of the molecule is CC(=O)O[C@@H]1[C@H](OC(C)=O)[C@H](C)OC(OC(=O)CCCBr)[C@H]1OC(C)=O. The maximum atomic E-state index is 11.9. The Labute approximate surface area is 159 Å². The first kappa shape index (κ1) is 22.4. The number of rotatable bonds is 7. The molecule has 0 aromatic rings. The summed E-state index contributed by atoms with van der Waals surface area (Å²) in [7, 11) is 0. The number of esters is 4. The van der Waals surface area contributed by atoms with Crippen LogP contribution in [0.25, 0.3) is 0 Å². The molecule has 9 nitrogen and oxygen atoms in total. The number of ether oxygens (including phenoxy) is 5. The van der Waals surface area contributed by atoms with Crippen LogP contribution in [0, 0.1) is 0 Å². The highest BCUT2D eigenvalue weighted by Crippen LogP contribution is 2.29. The normalized spacial score (nSPS) is 28.0. The van der Waals surface area contributed by atoms with Crippen molar-refractivity contribution < 1.29 is 42.9 Å². The molecule has 0 aromatic heterocycles. The van der Waals surface area contributed by atoms with E-state index >= 15 is 0 Å². The molecule has 1 aliphatic heterocycles. The van der Waals surface area contributed by atoms with Crippen LogP contribution in [0.1, 0.15) is 40.5 Å². The number of halogens is 1. The second-order valence-corrected chi connectivity index (χ2v) is 6.51. The lowest BCUT2D eigenvalue weighted by atomic mass is 9.99. The molecule has 148 valence electrons. The molecule has 1 saturated heterocycles. The van der Waals surface area contributed by atoms with Gasteiger partial charge < -0.3 is 23.7 Å². The summed E-state index contributed by atoms with van der Waals surface area (Å²) >= 11 is 3.21. The van der Waals surface area contributed by atoms with Crippen LogP contribution < -0.4 is 0 Å². The van der Waals surface area contributed by atoms with Gasteiger partial charge in [-0.2, -0.15) is 0 Å². The Bertz CT molecular complexity index is 536. The Hall–Kier alpha value is -1.68. The van der Waals surface area contributed by atoms with Crippen LogP contribution in [-0.4, -0.2) is 59.9 Å². The van der Waals surface area contributed by atoms with E-state index in [-0.39, 0.29) is 6.42 Å². The second kappa shape index (κ2) is 10.5. The number of hydrogen-bond acceptors (Lipinski definition) is 9. The van der Waals surface area contributed by atoms with Crippen molar-refractivity contribution in [1.29, 1.82) is 0 Å². The Morgan fingerprint density at radius 3 is 1.85 bits per heavy atom. The fourth-order valence-electron chi connectivity index (χ4n) is 2.46. The highest BCUT2D eigenvalue weighted by Gasteiger charge is 2.51. The molecular weight excluding hydrogens is 416 g/mol. The molecule has 1 fully saturated rings. The molecule has 0 amide bonds. The van der Waals surface area contributed by atoms with Crippen molar-refractivity contribution in [1.82, 2.24) is 0 Å². The standard InChI is InChI=1S/C16H23BrO9/c1-8-13(23-9(2)18)14(24-10(3)19)15(25-11(4)20)16(22-8)26-12(21)6-5-7-17/h8,13-16H,5-7H2,1-4H3/t8-,13+,14+,15-,16?/m0/s1. The van der Waals surface area contributed by atoms with Crippen molar-refractivity contribution in [3.63, 3.8) is 0 Å². The van der Waals surface area contributed by atoms with Gasteiger partial charge in [-0.15, -0.1) is 0 Å². The van der Waals surface area contributed by atoms with E-state index in [1.807, 2.05) is 0 Å². The number of carbonyl (C=O) groups excluding carboxylic acids is 4. The van der Waals surface area contributed by atoms with E-state index < -0.39 is 54.6 Å². The lowest BCUT2D eigenvalue weighted by Gasteiger charge is -2.42. The molecule has 5 atom stereocenters. The first-order valence-electron chi connectivity index (χ1n) is 8.08. The molecule has 26 heavy (non-hydrogen) atoms. The van der Waals surface area contributed by atoms with Crippen LogP contribution >= 0.6 is 15.9 Å². The zero-order chi connectivity index (χ0) is 19.9. The average Bonchev–Trinajstić information content (AvgIpc) is 2.51. The van der Waals surface area contributed by atoms with Crippen LogP contribution in [0.15, 0.2) is 0 Å². The molecule has 1 unspecified atom stereocenters. The molecule has 1 rings (SSSR count). The lowest BCUT2D eigenvalue weighted by molar-refractivity contribution is -0.293. The molecule has 0 aromatic carbocycles. The van der Waals surface area contributed by atoms with E-state index in [0.717, 1.165) is 13.8 Å². The zero-order valence-corrected chi connectivity index (χ0v) is 16.6. The molecule has 0 bridgehead atoms. The molecule has 0 saturated carbocycles. The van der Waals surface area contributed by atoms with E-state index in [2.05, 4.69) is 15.9 Å². The molecule has 1 heterocycles. The third-order valence-electron chi connectivity index (χ3n) is 3.40. The summed E-state index contributed by atoms with van der Waals surface area (Å²) < 4.78 is 26.4. The molecule has 0 N–H and O–H groups in total. The summed E-state index contributed by atoms with van der Waals surface area (Å²) in [4.78, 5) is 46.3. The topological polar surface area (TPSA) is 114 Å². The summed E-state index contributed by atoms with van der Waals surface area (Å²) in [6, 6.07) is 0. The summed E-state index contributed by atoms with van der Waals surface area (Å²) in [6.45, 7) is 5.05. The predicted molar refractivity (Wildman–Crippen MR) is 90.1 cm³/mol. The largest absolute Gasteiger partial charge is 0.456 e. The van der Waals surface area contributed by atoms with Crippen molar-refractivity contribution in [2.24, 2.45) is 0 Å². The minimum atomic E-state index is -1.30. The van der Waals surface area contributed by atoms with Crippen LogP contribution in [0.4, 0.5) is 0 Å². The van der Waals surface area contributed by atoms with Crippen LogP contribution in [0.3, 0.4) is 0 Å². The van der Waals surface area contributed by atoms with E-state index in [4.69, 9.17) is 23.7 Å².